The zero-order valence-electron chi connectivity index (χ0n) is 11.7. The van der Waals surface area contributed by atoms with Crippen LogP contribution in [0, 0.1) is 5.53 Å². The van der Waals surface area contributed by atoms with Gasteiger partial charge in [-0.2, -0.15) is 10.2 Å². The molecule has 5 heteroatoms. The Morgan fingerprint density at radius 3 is 2.85 bits per heavy atom. The predicted octanol–water partition coefficient (Wildman–Crippen LogP) is 3.37. The number of aromatic hydroxyl groups is 1. The van der Waals surface area contributed by atoms with Gasteiger partial charge in [-0.1, -0.05) is 12.1 Å². The monoisotopic (exact) mass is 270 g/mol. The molecule has 104 valence electrons. The summed E-state index contributed by atoms with van der Waals surface area (Å²) in [4.78, 5) is 0. The molecule has 1 aliphatic rings. The van der Waals surface area contributed by atoms with Gasteiger partial charge >= 0.3 is 0 Å². The van der Waals surface area contributed by atoms with E-state index in [4.69, 9.17) is 5.53 Å². The number of nitrogens with one attached hydrogen (secondary N) is 1. The number of hydrogen-bond donors (Lipinski definition) is 2. The third kappa shape index (κ3) is 1.90. The largest absolute Gasteiger partial charge is 0.504 e. The van der Waals surface area contributed by atoms with Gasteiger partial charge in [-0.05, 0) is 43.4 Å². The van der Waals surface area contributed by atoms with Crippen LogP contribution in [-0.4, -0.2) is 14.9 Å². The van der Waals surface area contributed by atoms with Crippen molar-refractivity contribution in [2.75, 3.05) is 0 Å². The number of aryl methyl sites for hydroxylation is 3. The van der Waals surface area contributed by atoms with Gasteiger partial charge in [0.05, 0.1) is 0 Å². The zero-order valence-corrected chi connectivity index (χ0v) is 11.7. The van der Waals surface area contributed by atoms with Crippen molar-refractivity contribution in [3.05, 3.63) is 35.0 Å². The topological polar surface area (TPSA) is 74.3 Å². The smallest absolute Gasteiger partial charge is 0.167 e. The predicted molar refractivity (Wildman–Crippen MR) is 75.9 cm³/mol. The maximum Gasteiger partial charge on any atom is 0.167 e. The first-order valence-corrected chi connectivity index (χ1v) is 6.86. The highest BCUT2D eigenvalue weighted by atomic mass is 16.3. The van der Waals surface area contributed by atoms with E-state index in [-0.39, 0.29) is 5.75 Å². The Balaban J connectivity index is 2.10. The van der Waals surface area contributed by atoms with Gasteiger partial charge in [0.25, 0.3) is 0 Å². The first kappa shape index (κ1) is 12.8. The third-order valence-corrected chi connectivity index (χ3v) is 4.01. The van der Waals surface area contributed by atoms with Gasteiger partial charge in [-0.25, -0.2) is 5.53 Å². The van der Waals surface area contributed by atoms with Crippen molar-refractivity contribution >= 4 is 0 Å². The van der Waals surface area contributed by atoms with Crippen LogP contribution in [0.25, 0.3) is 11.3 Å². The average Bonchev–Trinajstić information content (AvgIpc) is 3.01. The van der Waals surface area contributed by atoms with Crippen LogP contribution in [0.5, 0.6) is 5.75 Å². The highest BCUT2D eigenvalue weighted by Gasteiger charge is 2.22. The normalized spacial score (nSPS) is 15.1. The number of benzene rings is 1. The van der Waals surface area contributed by atoms with E-state index in [0.29, 0.717) is 11.4 Å². The molecule has 0 amide bonds. The minimum Gasteiger partial charge on any atom is -0.504 e. The van der Waals surface area contributed by atoms with Crippen molar-refractivity contribution < 1.29 is 5.11 Å². The summed E-state index contributed by atoms with van der Waals surface area (Å²) in [5.74, 6) is 0.133. The molecule has 1 heterocycles. The molecule has 0 spiro atoms. The fourth-order valence-corrected chi connectivity index (χ4v) is 2.92. The van der Waals surface area contributed by atoms with Crippen LogP contribution in [0.15, 0.2) is 23.3 Å². The van der Waals surface area contributed by atoms with Crippen molar-refractivity contribution in [3.8, 4) is 17.0 Å². The molecule has 0 aliphatic heterocycles. The SMILES string of the molecule is CC(N=N)c1nn(C)c(-c2ccc3c(c2)CCC3)c1O. The molecule has 1 aromatic carbocycles. The second kappa shape index (κ2) is 4.74. The summed E-state index contributed by atoms with van der Waals surface area (Å²) in [7, 11) is 1.81. The standard InChI is InChI=1S/C15H18N4O/c1-9(17-16)13-15(20)14(19(2)18-13)12-7-6-10-4-3-5-11(10)8-12/h6-9,16,20H,3-5H2,1-2H3. The maximum atomic E-state index is 10.4. The molecule has 0 saturated heterocycles. The molecule has 0 bridgehead atoms. The molecule has 20 heavy (non-hydrogen) atoms. The Bertz CT molecular complexity index is 675. The molecule has 1 unspecified atom stereocenters. The molecule has 2 N–H and O–H groups in total. The lowest BCUT2D eigenvalue weighted by molar-refractivity contribution is 0.463. The minimum absolute atomic E-state index is 0.133. The van der Waals surface area contributed by atoms with Crippen LogP contribution in [0.2, 0.25) is 0 Å². The summed E-state index contributed by atoms with van der Waals surface area (Å²) in [6, 6.07) is 5.89. The molecule has 1 atom stereocenters. The summed E-state index contributed by atoms with van der Waals surface area (Å²) in [5.41, 5.74) is 12.0. The molecule has 0 radical (unpaired) electrons. The lowest BCUT2D eigenvalue weighted by Crippen LogP contribution is -1.96. The van der Waals surface area contributed by atoms with Crippen molar-refractivity contribution in [2.45, 2.75) is 32.2 Å². The van der Waals surface area contributed by atoms with E-state index in [9.17, 15) is 5.11 Å². The quantitative estimate of drug-likeness (QED) is 0.839. The maximum absolute atomic E-state index is 10.4. The molecule has 0 fully saturated rings. The van der Waals surface area contributed by atoms with E-state index < -0.39 is 6.04 Å². The first-order valence-electron chi connectivity index (χ1n) is 6.86. The van der Waals surface area contributed by atoms with E-state index in [1.165, 1.54) is 17.5 Å². The molecule has 1 aromatic heterocycles. The Morgan fingerprint density at radius 1 is 1.35 bits per heavy atom. The van der Waals surface area contributed by atoms with Gasteiger partial charge in [-0.15, -0.1) is 0 Å². The number of aromatic nitrogens is 2. The number of fused-ring (bicyclic) bond motifs is 1. The van der Waals surface area contributed by atoms with Crippen LogP contribution < -0.4 is 0 Å². The summed E-state index contributed by atoms with van der Waals surface area (Å²) in [6.45, 7) is 1.75. The number of rotatable bonds is 3. The van der Waals surface area contributed by atoms with Gasteiger partial charge < -0.3 is 5.11 Å². The van der Waals surface area contributed by atoms with Crippen molar-refractivity contribution in [1.29, 1.82) is 5.53 Å². The lowest BCUT2D eigenvalue weighted by atomic mass is 10.0. The number of nitrogens with zero attached hydrogens (tertiary/aromatic N) is 3. The van der Waals surface area contributed by atoms with Gasteiger partial charge in [0, 0.05) is 12.6 Å². The van der Waals surface area contributed by atoms with Crippen LogP contribution in [-0.2, 0) is 19.9 Å². The lowest BCUT2D eigenvalue weighted by Gasteiger charge is -2.06. The molecule has 3 rings (SSSR count). The van der Waals surface area contributed by atoms with Crippen LogP contribution in [0.4, 0.5) is 0 Å². The Kier molecular flexibility index (Phi) is 3.04. The second-order valence-corrected chi connectivity index (χ2v) is 5.35. The van der Waals surface area contributed by atoms with Gasteiger partial charge in [0.15, 0.2) is 5.75 Å². The second-order valence-electron chi connectivity index (χ2n) is 5.35. The summed E-state index contributed by atoms with van der Waals surface area (Å²) in [5, 5.41) is 18.1. The van der Waals surface area contributed by atoms with E-state index in [0.717, 1.165) is 18.4 Å². The van der Waals surface area contributed by atoms with E-state index in [1.807, 2.05) is 13.1 Å². The molecular weight excluding hydrogens is 252 g/mol. The number of hydrogen-bond acceptors (Lipinski definition) is 4. The highest BCUT2D eigenvalue weighted by molar-refractivity contribution is 5.69. The van der Waals surface area contributed by atoms with Crippen molar-refractivity contribution in [2.24, 2.45) is 12.2 Å². The molecule has 5 nitrogen and oxygen atoms in total. The van der Waals surface area contributed by atoms with Crippen molar-refractivity contribution in [1.82, 2.24) is 9.78 Å². The zero-order chi connectivity index (χ0) is 14.3. The van der Waals surface area contributed by atoms with Crippen LogP contribution in [0.1, 0.15) is 36.2 Å². The first-order chi connectivity index (χ1) is 9.61. The fraction of sp³-hybridized carbons (Fsp3) is 0.400. The van der Waals surface area contributed by atoms with Gasteiger partial charge in [0.1, 0.15) is 17.4 Å². The summed E-state index contributed by atoms with van der Waals surface area (Å²) < 4.78 is 1.67. The highest BCUT2D eigenvalue weighted by Crippen LogP contribution is 2.37. The third-order valence-electron chi connectivity index (χ3n) is 4.01. The van der Waals surface area contributed by atoms with E-state index >= 15 is 0 Å². The Hall–Kier alpha value is -2.17. The van der Waals surface area contributed by atoms with Gasteiger partial charge in [0.2, 0.25) is 0 Å². The fourth-order valence-electron chi connectivity index (χ4n) is 2.92. The Morgan fingerprint density at radius 2 is 2.10 bits per heavy atom. The molecule has 1 aliphatic carbocycles. The average molecular weight is 270 g/mol. The van der Waals surface area contributed by atoms with E-state index in [2.05, 4.69) is 22.3 Å². The molecular formula is C15H18N4O. The molecule has 0 saturated carbocycles. The Labute approximate surface area is 117 Å². The van der Waals surface area contributed by atoms with Crippen LogP contribution in [0.3, 0.4) is 0 Å². The molecule has 2 aromatic rings. The van der Waals surface area contributed by atoms with E-state index in [1.54, 1.807) is 11.6 Å². The summed E-state index contributed by atoms with van der Waals surface area (Å²) >= 11 is 0. The van der Waals surface area contributed by atoms with Crippen LogP contribution >= 0.6 is 0 Å². The van der Waals surface area contributed by atoms with Crippen molar-refractivity contribution in [3.63, 3.8) is 0 Å². The summed E-state index contributed by atoms with van der Waals surface area (Å²) in [6.07, 6.45) is 3.45. The minimum atomic E-state index is -0.427. The van der Waals surface area contributed by atoms with Gasteiger partial charge in [-0.3, -0.25) is 4.68 Å².